The van der Waals surface area contributed by atoms with Gasteiger partial charge in [-0.2, -0.15) is 0 Å². The minimum Gasteiger partial charge on any atom is -0.343 e. The molecule has 27 heavy (non-hydrogen) atoms. The lowest BCUT2D eigenvalue weighted by atomic mass is 10.1. The predicted octanol–water partition coefficient (Wildman–Crippen LogP) is 1.56. The van der Waals surface area contributed by atoms with Gasteiger partial charge >= 0.3 is 6.03 Å². The van der Waals surface area contributed by atoms with Gasteiger partial charge in [0.15, 0.2) is 0 Å². The number of urea groups is 1. The molecule has 4 rings (SSSR count). The second kappa shape index (κ2) is 6.65. The molecule has 1 N–H and O–H groups in total. The number of anilines is 1. The highest BCUT2D eigenvalue weighted by Gasteiger charge is 2.56. The fourth-order valence-electron chi connectivity index (χ4n) is 4.47. The van der Waals surface area contributed by atoms with Gasteiger partial charge in [0.2, 0.25) is 0 Å². The van der Waals surface area contributed by atoms with Crippen molar-refractivity contribution in [1.82, 2.24) is 20.0 Å². The average Bonchev–Trinajstić information content (AvgIpc) is 3.04. The summed E-state index contributed by atoms with van der Waals surface area (Å²) < 4.78 is 0. The Hall–Kier alpha value is -2.38. The molecule has 3 heterocycles. The summed E-state index contributed by atoms with van der Waals surface area (Å²) in [7, 11) is 1.77. The second-order valence-corrected chi connectivity index (χ2v) is 7.78. The van der Waals surface area contributed by atoms with E-state index in [2.05, 4.69) is 40.8 Å². The third-order valence-corrected chi connectivity index (χ3v) is 5.72. The maximum atomic E-state index is 13.2. The highest BCUT2D eigenvalue weighted by Crippen LogP contribution is 2.34. The fraction of sp³-hybridized carbons (Fsp3) is 0.500. The maximum Gasteiger partial charge on any atom is 0.328 e. The molecule has 0 aliphatic carbocycles. The van der Waals surface area contributed by atoms with Crippen LogP contribution in [0.1, 0.15) is 18.9 Å². The summed E-state index contributed by atoms with van der Waals surface area (Å²) in [6.07, 6.45) is 0.557. The summed E-state index contributed by atoms with van der Waals surface area (Å²) >= 11 is 0. The number of nitrogens with zero attached hydrogens (tertiary/aromatic N) is 4. The van der Waals surface area contributed by atoms with Gasteiger partial charge in [-0.1, -0.05) is 30.4 Å². The van der Waals surface area contributed by atoms with Gasteiger partial charge in [-0.25, -0.2) is 4.79 Å². The molecule has 0 bridgehead atoms. The number of hydrogen-bond acceptors (Lipinski definition) is 5. The number of likely N-dealkylation sites (N-methyl/N-ethyl adjacent to an activating group) is 1. The molecule has 0 radical (unpaired) electrons. The van der Waals surface area contributed by atoms with Crippen molar-refractivity contribution in [2.75, 3.05) is 31.6 Å². The van der Waals surface area contributed by atoms with Crippen molar-refractivity contribution >= 4 is 17.6 Å². The van der Waals surface area contributed by atoms with E-state index in [1.165, 1.54) is 16.2 Å². The summed E-state index contributed by atoms with van der Waals surface area (Å²) in [5.41, 5.74) is 3.17. The Kier molecular flexibility index (Phi) is 4.44. The Balaban J connectivity index is 1.67. The van der Waals surface area contributed by atoms with E-state index in [-0.39, 0.29) is 37.0 Å². The van der Waals surface area contributed by atoms with E-state index in [1.807, 2.05) is 19.1 Å². The minimum absolute atomic E-state index is 0.0983. The molecule has 3 aliphatic rings. The average molecular weight is 369 g/mol. The van der Waals surface area contributed by atoms with Gasteiger partial charge in [0, 0.05) is 25.8 Å². The van der Waals surface area contributed by atoms with Crippen LogP contribution in [0.15, 0.2) is 36.4 Å². The van der Waals surface area contributed by atoms with E-state index in [9.17, 15) is 9.59 Å². The monoisotopic (exact) mass is 369 g/mol. The first-order valence-electron chi connectivity index (χ1n) is 9.47. The van der Waals surface area contributed by atoms with Crippen LogP contribution in [0, 0.1) is 6.92 Å². The molecule has 3 saturated heterocycles. The van der Waals surface area contributed by atoms with Gasteiger partial charge in [0.1, 0.15) is 18.5 Å². The molecule has 1 aromatic carbocycles. The number of carbonyl (C=O) groups is 2. The quantitative estimate of drug-likeness (QED) is 0.820. The van der Waals surface area contributed by atoms with Crippen LogP contribution in [0.25, 0.3) is 0 Å². The number of nitrogens with one attached hydrogen (secondary N) is 1. The van der Waals surface area contributed by atoms with Crippen LogP contribution in [0.3, 0.4) is 0 Å². The molecule has 3 amide bonds. The van der Waals surface area contributed by atoms with Gasteiger partial charge in [0.05, 0.1) is 6.54 Å². The predicted molar refractivity (Wildman–Crippen MR) is 104 cm³/mol. The number of para-hydroxylation sites is 1. The molecule has 0 saturated carbocycles. The number of carbonyl (C=O) groups excluding carboxylic acids is 2. The normalized spacial score (nSPS) is 28.4. The van der Waals surface area contributed by atoms with E-state index < -0.39 is 0 Å². The molecule has 0 aromatic heterocycles. The van der Waals surface area contributed by atoms with Crippen LogP contribution in [-0.4, -0.2) is 71.8 Å². The molecule has 3 atom stereocenters. The summed E-state index contributed by atoms with van der Waals surface area (Å²) in [6.45, 7) is 9.82. The van der Waals surface area contributed by atoms with E-state index in [4.69, 9.17) is 0 Å². The molecule has 3 aliphatic heterocycles. The largest absolute Gasteiger partial charge is 0.343 e. The molecule has 7 heteroatoms. The van der Waals surface area contributed by atoms with Gasteiger partial charge in [-0.15, -0.1) is 0 Å². The Bertz CT molecular complexity index is 794. The van der Waals surface area contributed by atoms with E-state index >= 15 is 0 Å². The number of rotatable bonds is 3. The van der Waals surface area contributed by atoms with Crippen LogP contribution in [0.5, 0.6) is 0 Å². The van der Waals surface area contributed by atoms with E-state index in [0.717, 1.165) is 25.1 Å². The zero-order chi connectivity index (χ0) is 19.3. The lowest BCUT2D eigenvalue weighted by Gasteiger charge is -2.44. The standard InChI is InChI=1S/C20H27N5O2/c1-13(2)12-25-18(26)16-17(22(4)20(25)27)21-19-23(10-7-11-24(16)19)15-9-6-5-8-14(15)3/h5-6,8-9,16-17,19,21H,1,7,10-12H2,2-4H3. The number of imide groups is 1. The molecular formula is C20H27N5O2. The molecule has 3 fully saturated rings. The lowest BCUT2D eigenvalue weighted by Crippen LogP contribution is -2.66. The maximum absolute atomic E-state index is 13.2. The van der Waals surface area contributed by atoms with Crippen molar-refractivity contribution in [2.45, 2.75) is 38.8 Å². The topological polar surface area (TPSA) is 59.1 Å². The second-order valence-electron chi connectivity index (χ2n) is 7.78. The molecule has 144 valence electrons. The zero-order valence-corrected chi connectivity index (χ0v) is 16.2. The summed E-state index contributed by atoms with van der Waals surface area (Å²) in [5.74, 6) is -0.132. The third kappa shape index (κ3) is 2.82. The Labute approximate surface area is 160 Å². The van der Waals surface area contributed by atoms with Crippen LogP contribution in [0.2, 0.25) is 0 Å². The SMILES string of the molecule is C=C(C)CN1C(=O)C2C(NC3N(c4ccccc4C)CCCN23)N(C)C1=O. The molecule has 3 unspecified atom stereocenters. The van der Waals surface area contributed by atoms with Crippen molar-refractivity contribution in [3.63, 3.8) is 0 Å². The van der Waals surface area contributed by atoms with E-state index in [0.29, 0.717) is 0 Å². The molecular weight excluding hydrogens is 342 g/mol. The minimum atomic E-state index is -0.371. The first-order valence-corrected chi connectivity index (χ1v) is 9.47. The van der Waals surface area contributed by atoms with Crippen LogP contribution in [0.4, 0.5) is 10.5 Å². The number of fused-ring (bicyclic) bond motifs is 3. The van der Waals surface area contributed by atoms with Crippen molar-refractivity contribution in [2.24, 2.45) is 0 Å². The van der Waals surface area contributed by atoms with Gasteiger partial charge in [0.25, 0.3) is 5.91 Å². The van der Waals surface area contributed by atoms with Crippen LogP contribution < -0.4 is 10.2 Å². The first-order chi connectivity index (χ1) is 12.9. The lowest BCUT2D eigenvalue weighted by molar-refractivity contribution is -0.138. The molecule has 7 nitrogen and oxygen atoms in total. The van der Waals surface area contributed by atoms with E-state index in [1.54, 1.807) is 11.9 Å². The fourth-order valence-corrected chi connectivity index (χ4v) is 4.47. The van der Waals surface area contributed by atoms with Gasteiger partial charge in [-0.3, -0.25) is 19.9 Å². The third-order valence-electron chi connectivity index (χ3n) is 5.72. The van der Waals surface area contributed by atoms with Crippen molar-refractivity contribution in [3.8, 4) is 0 Å². The zero-order valence-electron chi connectivity index (χ0n) is 16.2. The summed E-state index contributed by atoms with van der Waals surface area (Å²) in [5, 5.41) is 3.54. The molecule has 0 spiro atoms. The Morgan fingerprint density at radius 3 is 2.70 bits per heavy atom. The first kappa shape index (κ1) is 18.0. The van der Waals surface area contributed by atoms with Gasteiger partial charge in [-0.05, 0) is 31.9 Å². The Morgan fingerprint density at radius 1 is 1.26 bits per heavy atom. The van der Waals surface area contributed by atoms with Gasteiger partial charge < -0.3 is 9.80 Å². The highest BCUT2D eigenvalue weighted by molar-refractivity contribution is 6.00. The molecule has 1 aromatic rings. The summed E-state index contributed by atoms with van der Waals surface area (Å²) in [6, 6.07) is 7.66. The number of amides is 3. The number of hydrogen-bond donors (Lipinski definition) is 1. The highest BCUT2D eigenvalue weighted by atomic mass is 16.2. The van der Waals surface area contributed by atoms with Crippen molar-refractivity contribution < 1.29 is 9.59 Å². The number of benzene rings is 1. The number of aryl methyl sites for hydroxylation is 1. The van der Waals surface area contributed by atoms with Crippen molar-refractivity contribution in [3.05, 3.63) is 42.0 Å². The smallest absolute Gasteiger partial charge is 0.328 e. The van der Waals surface area contributed by atoms with Crippen molar-refractivity contribution in [1.29, 1.82) is 0 Å². The van der Waals surface area contributed by atoms with Crippen LogP contribution >= 0.6 is 0 Å². The Morgan fingerprint density at radius 2 is 2.00 bits per heavy atom. The van der Waals surface area contributed by atoms with Crippen LogP contribution in [-0.2, 0) is 4.79 Å². The summed E-state index contributed by atoms with van der Waals surface area (Å²) in [4.78, 5) is 33.5.